The first-order chi connectivity index (χ1) is 9.31. The summed E-state index contributed by atoms with van der Waals surface area (Å²) in [5.74, 6) is 0.408. The summed E-state index contributed by atoms with van der Waals surface area (Å²) < 4.78 is 0. The number of allylic oxidation sites excluding steroid dienone is 5. The first-order valence-corrected chi connectivity index (χ1v) is 7.77. The maximum atomic E-state index is 11.6. The van der Waals surface area contributed by atoms with Crippen LogP contribution in [0.1, 0.15) is 71.1 Å². The van der Waals surface area contributed by atoms with Gasteiger partial charge in [-0.25, -0.2) is 0 Å². The minimum Gasteiger partial charge on any atom is -0.300 e. The lowest BCUT2D eigenvalue weighted by Gasteiger charge is -2.00. The second-order valence-electron chi connectivity index (χ2n) is 5.00. The van der Waals surface area contributed by atoms with Crippen molar-refractivity contribution in [2.75, 3.05) is 0 Å². The summed E-state index contributed by atoms with van der Waals surface area (Å²) in [4.78, 5) is 11.6. The number of carbonyl (C=O) groups excluding carboxylic acids is 1. The van der Waals surface area contributed by atoms with Crippen molar-refractivity contribution in [2.45, 2.75) is 71.1 Å². The highest BCUT2D eigenvalue weighted by Crippen LogP contribution is 2.09. The summed E-state index contributed by atoms with van der Waals surface area (Å²) in [5, 5.41) is 0. The molecule has 0 amide bonds. The van der Waals surface area contributed by atoms with Gasteiger partial charge in [0.25, 0.3) is 0 Å². The molecule has 0 bridgehead atoms. The van der Waals surface area contributed by atoms with Crippen molar-refractivity contribution in [1.82, 2.24) is 0 Å². The zero-order valence-electron chi connectivity index (χ0n) is 12.6. The molecule has 1 nitrogen and oxygen atoms in total. The van der Waals surface area contributed by atoms with E-state index in [1.54, 1.807) is 6.08 Å². The van der Waals surface area contributed by atoms with E-state index in [-0.39, 0.29) is 0 Å². The van der Waals surface area contributed by atoms with Crippen LogP contribution in [0, 0.1) is 0 Å². The van der Waals surface area contributed by atoms with E-state index < -0.39 is 0 Å². The molecule has 1 heteroatoms. The second kappa shape index (κ2) is 14.9. The number of Topliss-reactive ketones (excluding diaryl/α,β-unsaturated/α-hetero) is 1. The first kappa shape index (κ1) is 17.9. The van der Waals surface area contributed by atoms with Crippen molar-refractivity contribution < 1.29 is 4.79 Å². The Labute approximate surface area is 119 Å². The normalized spacial score (nSPS) is 11.4. The van der Waals surface area contributed by atoms with Gasteiger partial charge in [0.2, 0.25) is 0 Å². The first-order valence-electron chi connectivity index (χ1n) is 7.77. The molecular formula is C18H30O. The molecule has 0 radical (unpaired) electrons. The lowest BCUT2D eigenvalue weighted by atomic mass is 10.0. The quantitative estimate of drug-likeness (QED) is 0.304. The Kier molecular flexibility index (Phi) is 14.1. The summed E-state index contributed by atoms with van der Waals surface area (Å²) in [6, 6.07) is 0. The monoisotopic (exact) mass is 262 g/mol. The Balaban J connectivity index is 3.32. The van der Waals surface area contributed by atoms with Crippen LogP contribution in [0.2, 0.25) is 0 Å². The largest absolute Gasteiger partial charge is 0.300 e. The molecule has 0 aliphatic carbocycles. The molecule has 0 heterocycles. The van der Waals surface area contributed by atoms with E-state index in [0.29, 0.717) is 12.2 Å². The van der Waals surface area contributed by atoms with Crippen LogP contribution in [0.5, 0.6) is 0 Å². The van der Waals surface area contributed by atoms with E-state index in [1.807, 2.05) is 24.3 Å². The topological polar surface area (TPSA) is 17.1 Å². The van der Waals surface area contributed by atoms with Crippen LogP contribution >= 0.6 is 0 Å². The molecule has 0 fully saturated rings. The van der Waals surface area contributed by atoms with Crippen molar-refractivity contribution >= 4 is 5.78 Å². The minimum absolute atomic E-state index is 0.408. The average Bonchev–Trinajstić information content (AvgIpc) is 2.41. The van der Waals surface area contributed by atoms with E-state index in [2.05, 4.69) is 13.5 Å². The molecule has 0 saturated heterocycles. The molecule has 0 aliphatic heterocycles. The SMILES string of the molecule is C=CC=CC=CCCC(=O)CCCCCCCCC. The summed E-state index contributed by atoms with van der Waals surface area (Å²) in [5.41, 5.74) is 0. The van der Waals surface area contributed by atoms with Crippen molar-refractivity contribution in [3.63, 3.8) is 0 Å². The molecular weight excluding hydrogens is 232 g/mol. The van der Waals surface area contributed by atoms with Crippen molar-refractivity contribution in [1.29, 1.82) is 0 Å². The number of unbranched alkanes of at least 4 members (excludes halogenated alkanes) is 6. The van der Waals surface area contributed by atoms with Crippen molar-refractivity contribution in [3.8, 4) is 0 Å². The van der Waals surface area contributed by atoms with E-state index in [4.69, 9.17) is 0 Å². The van der Waals surface area contributed by atoms with Gasteiger partial charge in [0.15, 0.2) is 0 Å². The fourth-order valence-electron chi connectivity index (χ4n) is 1.97. The van der Waals surface area contributed by atoms with Crippen LogP contribution in [-0.2, 0) is 4.79 Å². The second-order valence-corrected chi connectivity index (χ2v) is 5.00. The van der Waals surface area contributed by atoms with E-state index in [0.717, 1.165) is 19.3 Å². The maximum Gasteiger partial charge on any atom is 0.133 e. The molecule has 0 atom stereocenters. The Morgan fingerprint density at radius 1 is 0.895 bits per heavy atom. The lowest BCUT2D eigenvalue weighted by Crippen LogP contribution is -1.96. The summed E-state index contributed by atoms with van der Waals surface area (Å²) >= 11 is 0. The molecule has 0 spiro atoms. The highest BCUT2D eigenvalue weighted by atomic mass is 16.1. The van der Waals surface area contributed by atoms with Crippen LogP contribution in [-0.4, -0.2) is 5.78 Å². The van der Waals surface area contributed by atoms with Crippen LogP contribution in [0.15, 0.2) is 37.0 Å². The standard InChI is InChI=1S/C18H30O/c1-3-5-7-9-11-13-15-17-18(19)16-14-12-10-8-6-4-2/h4,6,8,10,12H,2-3,5,7,9,11,13-17H2,1H3. The highest BCUT2D eigenvalue weighted by molar-refractivity contribution is 5.78. The maximum absolute atomic E-state index is 11.6. The van der Waals surface area contributed by atoms with Gasteiger partial charge in [-0.05, 0) is 12.8 Å². The van der Waals surface area contributed by atoms with Gasteiger partial charge in [-0.1, -0.05) is 82.4 Å². The van der Waals surface area contributed by atoms with Crippen molar-refractivity contribution in [3.05, 3.63) is 37.0 Å². The molecule has 0 N–H and O–H groups in total. The highest BCUT2D eigenvalue weighted by Gasteiger charge is 2.00. The number of rotatable bonds is 13. The predicted octanol–water partition coefficient (Wildman–Crippen LogP) is 5.77. The van der Waals surface area contributed by atoms with Gasteiger partial charge in [-0.3, -0.25) is 4.79 Å². The van der Waals surface area contributed by atoms with Crippen LogP contribution in [0.25, 0.3) is 0 Å². The lowest BCUT2D eigenvalue weighted by molar-refractivity contribution is -0.119. The third-order valence-corrected chi connectivity index (χ3v) is 3.14. The van der Waals surface area contributed by atoms with Gasteiger partial charge in [0, 0.05) is 12.8 Å². The third-order valence-electron chi connectivity index (χ3n) is 3.14. The number of ketones is 1. The Bertz CT molecular complexity index is 273. The van der Waals surface area contributed by atoms with Crippen LogP contribution < -0.4 is 0 Å². The van der Waals surface area contributed by atoms with Gasteiger partial charge in [-0.2, -0.15) is 0 Å². The number of carbonyl (C=O) groups is 1. The van der Waals surface area contributed by atoms with Gasteiger partial charge < -0.3 is 0 Å². The van der Waals surface area contributed by atoms with Crippen LogP contribution in [0.3, 0.4) is 0 Å². The molecule has 19 heavy (non-hydrogen) atoms. The van der Waals surface area contributed by atoms with Crippen LogP contribution in [0.4, 0.5) is 0 Å². The molecule has 0 rings (SSSR count). The summed E-state index contributed by atoms with van der Waals surface area (Å²) in [6.45, 7) is 5.83. The molecule has 108 valence electrons. The molecule has 0 aliphatic rings. The number of hydrogen-bond donors (Lipinski definition) is 0. The summed E-state index contributed by atoms with van der Waals surface area (Å²) in [6.07, 6.45) is 20.8. The third kappa shape index (κ3) is 14.8. The Morgan fingerprint density at radius 3 is 2.26 bits per heavy atom. The predicted molar refractivity (Wildman–Crippen MR) is 85.3 cm³/mol. The average molecular weight is 262 g/mol. The zero-order valence-corrected chi connectivity index (χ0v) is 12.6. The zero-order chi connectivity index (χ0) is 14.2. The number of hydrogen-bond acceptors (Lipinski definition) is 1. The fourth-order valence-corrected chi connectivity index (χ4v) is 1.97. The van der Waals surface area contributed by atoms with Gasteiger partial charge in [-0.15, -0.1) is 0 Å². The van der Waals surface area contributed by atoms with Gasteiger partial charge >= 0.3 is 0 Å². The smallest absolute Gasteiger partial charge is 0.133 e. The van der Waals surface area contributed by atoms with E-state index in [9.17, 15) is 4.79 Å². The molecule has 0 aromatic carbocycles. The van der Waals surface area contributed by atoms with Gasteiger partial charge in [0.1, 0.15) is 5.78 Å². The molecule has 0 unspecified atom stereocenters. The van der Waals surface area contributed by atoms with E-state index >= 15 is 0 Å². The van der Waals surface area contributed by atoms with Gasteiger partial charge in [0.05, 0.1) is 0 Å². The summed E-state index contributed by atoms with van der Waals surface area (Å²) in [7, 11) is 0. The minimum atomic E-state index is 0.408. The van der Waals surface area contributed by atoms with E-state index in [1.165, 1.54) is 38.5 Å². The molecule has 0 saturated carbocycles. The Morgan fingerprint density at radius 2 is 1.58 bits per heavy atom. The Hall–Kier alpha value is -1.11. The van der Waals surface area contributed by atoms with Crippen molar-refractivity contribution in [2.24, 2.45) is 0 Å². The molecule has 0 aromatic rings. The molecule has 0 aromatic heterocycles. The fraction of sp³-hybridized carbons (Fsp3) is 0.611.